The predicted octanol–water partition coefficient (Wildman–Crippen LogP) is 3.20. The summed E-state index contributed by atoms with van der Waals surface area (Å²) >= 11 is 0. The fourth-order valence-corrected chi connectivity index (χ4v) is 2.43. The molecule has 2 atom stereocenters. The van der Waals surface area contributed by atoms with Crippen LogP contribution in [0.5, 0.6) is 0 Å². The number of carbonyl (C=O) groups excluding carboxylic acids is 2. The van der Waals surface area contributed by atoms with Crippen LogP contribution in [-0.4, -0.2) is 37.7 Å². The summed E-state index contributed by atoms with van der Waals surface area (Å²) in [6, 6.07) is 18.6. The number of hydrogen-bond acceptors (Lipinski definition) is 6. The van der Waals surface area contributed by atoms with Crippen LogP contribution in [-0.2, 0) is 28.5 Å². The van der Waals surface area contributed by atoms with Crippen molar-refractivity contribution in [2.75, 3.05) is 13.2 Å². The van der Waals surface area contributed by atoms with E-state index in [0.717, 1.165) is 11.1 Å². The van der Waals surface area contributed by atoms with Gasteiger partial charge in [0, 0.05) is 12.2 Å². The fraction of sp³-hybridized carbons (Fsp3) is 0.182. The zero-order chi connectivity index (χ0) is 19.6. The van der Waals surface area contributed by atoms with Crippen LogP contribution < -0.4 is 0 Å². The molecule has 6 heteroatoms. The standard InChI is InChI=1S/C22H20O6/c23-19(13-11-17-7-3-1-4-8-17)27-21-22(26-16-15-25-21)28-20(24)14-12-18-9-5-2-6-10-18/h1-14,21-22H,15-16H2/b13-11+,14-12+/t21-,22-/m0/s1. The van der Waals surface area contributed by atoms with E-state index in [0.29, 0.717) is 0 Å². The van der Waals surface area contributed by atoms with Gasteiger partial charge in [-0.15, -0.1) is 0 Å². The Balaban J connectivity index is 1.54. The van der Waals surface area contributed by atoms with Crippen molar-refractivity contribution in [2.45, 2.75) is 12.6 Å². The lowest BCUT2D eigenvalue weighted by molar-refractivity contribution is -0.299. The van der Waals surface area contributed by atoms with Gasteiger partial charge in [-0.05, 0) is 23.3 Å². The Morgan fingerprint density at radius 3 is 1.50 bits per heavy atom. The number of carbonyl (C=O) groups is 2. The number of ether oxygens (including phenoxy) is 4. The van der Waals surface area contributed by atoms with Crippen molar-refractivity contribution in [1.82, 2.24) is 0 Å². The second-order valence-electron chi connectivity index (χ2n) is 5.84. The van der Waals surface area contributed by atoms with Crippen molar-refractivity contribution >= 4 is 24.1 Å². The van der Waals surface area contributed by atoms with Crippen molar-refractivity contribution < 1.29 is 28.5 Å². The number of esters is 2. The van der Waals surface area contributed by atoms with Gasteiger partial charge in [0.05, 0.1) is 13.2 Å². The molecule has 1 saturated heterocycles. The molecule has 6 nitrogen and oxygen atoms in total. The third-order valence-electron chi connectivity index (χ3n) is 3.76. The summed E-state index contributed by atoms with van der Waals surface area (Å²) in [5.41, 5.74) is 1.71. The summed E-state index contributed by atoms with van der Waals surface area (Å²) in [5.74, 6) is -1.25. The third kappa shape index (κ3) is 6.19. The molecule has 1 fully saturated rings. The smallest absolute Gasteiger partial charge is 0.333 e. The summed E-state index contributed by atoms with van der Waals surface area (Å²) in [5, 5.41) is 0. The number of rotatable bonds is 6. The molecule has 0 saturated carbocycles. The van der Waals surface area contributed by atoms with Crippen LogP contribution in [0.1, 0.15) is 11.1 Å². The molecule has 2 aromatic carbocycles. The molecule has 0 N–H and O–H groups in total. The van der Waals surface area contributed by atoms with Crippen LogP contribution in [0.4, 0.5) is 0 Å². The summed E-state index contributed by atoms with van der Waals surface area (Å²) in [6.07, 6.45) is 3.54. The monoisotopic (exact) mass is 380 g/mol. The molecule has 3 rings (SSSR count). The maximum atomic E-state index is 12.0. The zero-order valence-electron chi connectivity index (χ0n) is 15.1. The molecular weight excluding hydrogens is 360 g/mol. The number of benzene rings is 2. The van der Waals surface area contributed by atoms with E-state index >= 15 is 0 Å². The summed E-state index contributed by atoms with van der Waals surface area (Å²) in [6.45, 7) is 0.461. The van der Waals surface area contributed by atoms with Gasteiger partial charge < -0.3 is 18.9 Å². The lowest BCUT2D eigenvalue weighted by atomic mass is 10.2. The van der Waals surface area contributed by atoms with Gasteiger partial charge >= 0.3 is 11.9 Å². The maximum absolute atomic E-state index is 12.0. The normalized spacial score (nSPS) is 19.6. The van der Waals surface area contributed by atoms with E-state index in [-0.39, 0.29) is 13.2 Å². The van der Waals surface area contributed by atoms with E-state index in [2.05, 4.69) is 0 Å². The zero-order valence-corrected chi connectivity index (χ0v) is 15.1. The fourth-order valence-electron chi connectivity index (χ4n) is 2.43. The molecule has 0 spiro atoms. The Kier molecular flexibility index (Phi) is 7.12. The topological polar surface area (TPSA) is 71.1 Å². The Morgan fingerprint density at radius 1 is 0.714 bits per heavy atom. The molecule has 0 aliphatic carbocycles. The van der Waals surface area contributed by atoms with Gasteiger partial charge in [0.2, 0.25) is 0 Å². The predicted molar refractivity (Wildman–Crippen MR) is 103 cm³/mol. The molecule has 0 unspecified atom stereocenters. The summed E-state index contributed by atoms with van der Waals surface area (Å²) < 4.78 is 21.2. The molecule has 1 heterocycles. The molecule has 0 amide bonds. The molecular formula is C22H20O6. The van der Waals surface area contributed by atoms with Crippen LogP contribution in [0.25, 0.3) is 12.2 Å². The molecule has 0 bridgehead atoms. The lowest BCUT2D eigenvalue weighted by Crippen LogP contribution is -2.43. The average Bonchev–Trinajstić information content (AvgIpc) is 2.74. The van der Waals surface area contributed by atoms with Gasteiger partial charge in [0.15, 0.2) is 0 Å². The Hall–Kier alpha value is -3.22. The van der Waals surface area contributed by atoms with Crippen LogP contribution >= 0.6 is 0 Å². The quantitative estimate of drug-likeness (QED) is 0.566. The summed E-state index contributed by atoms with van der Waals surface area (Å²) in [4.78, 5) is 24.1. The first-order valence-corrected chi connectivity index (χ1v) is 8.81. The van der Waals surface area contributed by atoms with Crippen LogP contribution in [0.3, 0.4) is 0 Å². The SMILES string of the molecule is O=C(/C=C/c1ccccc1)O[C@@H]1OCCO[C@H]1OC(=O)/C=C/c1ccccc1. The molecule has 0 radical (unpaired) electrons. The van der Waals surface area contributed by atoms with Crippen molar-refractivity contribution in [3.05, 3.63) is 83.9 Å². The van der Waals surface area contributed by atoms with Gasteiger partial charge in [-0.1, -0.05) is 60.7 Å². The second-order valence-corrected chi connectivity index (χ2v) is 5.84. The first-order valence-electron chi connectivity index (χ1n) is 8.81. The van der Waals surface area contributed by atoms with Gasteiger partial charge in [-0.3, -0.25) is 0 Å². The van der Waals surface area contributed by atoms with Crippen molar-refractivity contribution in [3.63, 3.8) is 0 Å². The van der Waals surface area contributed by atoms with Crippen molar-refractivity contribution in [3.8, 4) is 0 Å². The Labute approximate surface area is 163 Å². The van der Waals surface area contributed by atoms with Gasteiger partial charge in [-0.2, -0.15) is 0 Å². The Morgan fingerprint density at radius 2 is 1.11 bits per heavy atom. The van der Waals surface area contributed by atoms with Gasteiger partial charge in [-0.25, -0.2) is 9.59 Å². The van der Waals surface area contributed by atoms with Crippen molar-refractivity contribution in [2.24, 2.45) is 0 Å². The van der Waals surface area contributed by atoms with Crippen LogP contribution in [0, 0.1) is 0 Å². The first-order chi connectivity index (χ1) is 13.7. The lowest BCUT2D eigenvalue weighted by Gasteiger charge is -2.29. The van der Waals surface area contributed by atoms with Gasteiger partial charge in [0.1, 0.15) is 0 Å². The van der Waals surface area contributed by atoms with Crippen LogP contribution in [0.2, 0.25) is 0 Å². The highest BCUT2D eigenvalue weighted by Gasteiger charge is 2.32. The highest BCUT2D eigenvalue weighted by atomic mass is 16.8. The van der Waals surface area contributed by atoms with Gasteiger partial charge in [0.25, 0.3) is 12.6 Å². The average molecular weight is 380 g/mol. The third-order valence-corrected chi connectivity index (χ3v) is 3.76. The van der Waals surface area contributed by atoms with Crippen LogP contribution in [0.15, 0.2) is 72.8 Å². The first kappa shape index (κ1) is 19.5. The minimum absolute atomic E-state index is 0.230. The van der Waals surface area contributed by atoms with E-state index in [1.807, 2.05) is 60.7 Å². The second kappa shape index (κ2) is 10.2. The van der Waals surface area contributed by atoms with E-state index in [4.69, 9.17) is 18.9 Å². The molecule has 28 heavy (non-hydrogen) atoms. The minimum atomic E-state index is -1.13. The minimum Gasteiger partial charge on any atom is -0.426 e. The highest BCUT2D eigenvalue weighted by molar-refractivity contribution is 5.88. The largest absolute Gasteiger partial charge is 0.426 e. The Bertz CT molecular complexity index is 757. The van der Waals surface area contributed by atoms with E-state index in [9.17, 15) is 9.59 Å². The molecule has 2 aromatic rings. The van der Waals surface area contributed by atoms with E-state index in [1.54, 1.807) is 12.2 Å². The molecule has 1 aliphatic rings. The maximum Gasteiger partial charge on any atom is 0.333 e. The van der Waals surface area contributed by atoms with E-state index < -0.39 is 24.5 Å². The highest BCUT2D eigenvalue weighted by Crippen LogP contribution is 2.15. The molecule has 1 aliphatic heterocycles. The number of hydrogen-bond donors (Lipinski definition) is 0. The van der Waals surface area contributed by atoms with E-state index in [1.165, 1.54) is 12.2 Å². The summed E-state index contributed by atoms with van der Waals surface area (Å²) in [7, 11) is 0. The molecule has 0 aromatic heterocycles. The molecule has 144 valence electrons. The van der Waals surface area contributed by atoms with Crippen molar-refractivity contribution in [1.29, 1.82) is 0 Å².